The maximum Gasteiger partial charge on any atom is 0.234 e. The number of aliphatic hydroxyl groups excluding tert-OH is 1. The van der Waals surface area contributed by atoms with Gasteiger partial charge < -0.3 is 20.5 Å². The molecule has 21 heavy (non-hydrogen) atoms. The van der Waals surface area contributed by atoms with Crippen molar-refractivity contribution in [2.75, 3.05) is 20.3 Å². The highest BCUT2D eigenvalue weighted by molar-refractivity contribution is 5.85. The minimum absolute atomic E-state index is 0. The topological polar surface area (TPSA) is 70.6 Å². The van der Waals surface area contributed by atoms with E-state index in [-0.39, 0.29) is 31.0 Å². The number of amides is 1. The molecule has 1 aliphatic rings. The lowest BCUT2D eigenvalue weighted by Crippen LogP contribution is -2.37. The largest absolute Gasteiger partial charge is 0.497 e. The van der Waals surface area contributed by atoms with Crippen LogP contribution in [0.4, 0.5) is 0 Å². The number of aliphatic hydroxyl groups is 1. The number of carbonyl (C=O) groups is 1. The van der Waals surface area contributed by atoms with E-state index in [0.29, 0.717) is 19.0 Å². The van der Waals surface area contributed by atoms with Gasteiger partial charge in [0, 0.05) is 12.6 Å². The number of nitrogens with one attached hydrogen (secondary N) is 2. The van der Waals surface area contributed by atoms with E-state index in [1.807, 2.05) is 24.3 Å². The Labute approximate surface area is 131 Å². The lowest BCUT2D eigenvalue weighted by molar-refractivity contribution is -0.121. The van der Waals surface area contributed by atoms with Crippen LogP contribution >= 0.6 is 12.4 Å². The van der Waals surface area contributed by atoms with Gasteiger partial charge in [-0.1, -0.05) is 12.1 Å². The maximum absolute atomic E-state index is 11.9. The van der Waals surface area contributed by atoms with Gasteiger partial charge in [-0.05, 0) is 37.0 Å². The van der Waals surface area contributed by atoms with Gasteiger partial charge in [0.15, 0.2) is 0 Å². The molecule has 0 spiro atoms. The average Bonchev–Trinajstić information content (AvgIpc) is 3.29. The molecule has 0 aromatic heterocycles. The molecular weight excluding hydrogens is 292 g/mol. The minimum atomic E-state index is -0.167. The minimum Gasteiger partial charge on any atom is -0.497 e. The monoisotopic (exact) mass is 314 g/mol. The molecule has 1 aromatic rings. The quantitative estimate of drug-likeness (QED) is 0.678. The molecule has 6 heteroatoms. The summed E-state index contributed by atoms with van der Waals surface area (Å²) in [5.74, 6) is 0.740. The Bertz CT molecular complexity index is 435. The van der Waals surface area contributed by atoms with E-state index < -0.39 is 0 Å². The number of hydrogen-bond donors (Lipinski definition) is 3. The lowest BCUT2D eigenvalue weighted by atomic mass is 10.0. The van der Waals surface area contributed by atoms with Crippen molar-refractivity contribution in [1.82, 2.24) is 10.6 Å². The summed E-state index contributed by atoms with van der Waals surface area (Å²) < 4.78 is 5.12. The number of halogens is 1. The van der Waals surface area contributed by atoms with Gasteiger partial charge in [-0.15, -0.1) is 12.4 Å². The van der Waals surface area contributed by atoms with Gasteiger partial charge in [-0.25, -0.2) is 0 Å². The van der Waals surface area contributed by atoms with Crippen molar-refractivity contribution in [3.63, 3.8) is 0 Å². The SMILES string of the molecule is COc1ccc(C(CCO)NC(=O)CNC2CC2)cc1.Cl. The van der Waals surface area contributed by atoms with Crippen LogP contribution in [0.25, 0.3) is 0 Å². The number of carbonyl (C=O) groups excluding carboxylic acids is 1. The molecule has 118 valence electrons. The molecule has 0 radical (unpaired) electrons. The summed E-state index contributed by atoms with van der Waals surface area (Å²) in [6.07, 6.45) is 2.82. The van der Waals surface area contributed by atoms with Crippen molar-refractivity contribution in [3.8, 4) is 5.75 Å². The van der Waals surface area contributed by atoms with Crippen LogP contribution in [0.15, 0.2) is 24.3 Å². The fraction of sp³-hybridized carbons (Fsp3) is 0.533. The Morgan fingerprint density at radius 2 is 2.05 bits per heavy atom. The van der Waals surface area contributed by atoms with Gasteiger partial charge in [0.05, 0.1) is 19.7 Å². The fourth-order valence-corrected chi connectivity index (χ4v) is 2.06. The van der Waals surface area contributed by atoms with Gasteiger partial charge >= 0.3 is 0 Å². The Kier molecular flexibility index (Phi) is 7.50. The predicted molar refractivity (Wildman–Crippen MR) is 83.9 cm³/mol. The highest BCUT2D eigenvalue weighted by Gasteiger charge is 2.22. The van der Waals surface area contributed by atoms with E-state index in [9.17, 15) is 4.79 Å². The Hall–Kier alpha value is -1.30. The zero-order valence-corrected chi connectivity index (χ0v) is 13.0. The molecule has 0 aliphatic heterocycles. The number of methoxy groups -OCH3 is 1. The van der Waals surface area contributed by atoms with E-state index in [0.717, 1.165) is 24.2 Å². The molecule has 3 N–H and O–H groups in total. The van der Waals surface area contributed by atoms with Crippen LogP contribution in [0.5, 0.6) is 5.75 Å². The highest BCUT2D eigenvalue weighted by Crippen LogP contribution is 2.20. The van der Waals surface area contributed by atoms with E-state index in [1.54, 1.807) is 7.11 Å². The molecule has 0 bridgehead atoms. The average molecular weight is 315 g/mol. The first-order valence-electron chi connectivity index (χ1n) is 7.00. The maximum atomic E-state index is 11.9. The number of ether oxygens (including phenoxy) is 1. The molecule has 1 atom stereocenters. The van der Waals surface area contributed by atoms with Crippen molar-refractivity contribution >= 4 is 18.3 Å². The number of benzene rings is 1. The predicted octanol–water partition coefficient (Wildman–Crippen LogP) is 1.41. The second kappa shape index (κ2) is 8.87. The molecule has 0 heterocycles. The molecular formula is C15H23ClN2O3. The van der Waals surface area contributed by atoms with Crippen molar-refractivity contribution < 1.29 is 14.6 Å². The lowest BCUT2D eigenvalue weighted by Gasteiger charge is -2.19. The van der Waals surface area contributed by atoms with Crippen LogP contribution < -0.4 is 15.4 Å². The first-order valence-corrected chi connectivity index (χ1v) is 7.00. The first-order chi connectivity index (χ1) is 9.72. The van der Waals surface area contributed by atoms with Crippen molar-refractivity contribution in [2.24, 2.45) is 0 Å². The molecule has 5 nitrogen and oxygen atoms in total. The van der Waals surface area contributed by atoms with Gasteiger partial charge in [0.25, 0.3) is 0 Å². The molecule has 1 saturated carbocycles. The summed E-state index contributed by atoms with van der Waals surface area (Å²) >= 11 is 0. The molecule has 1 aliphatic carbocycles. The summed E-state index contributed by atoms with van der Waals surface area (Å²) in [7, 11) is 1.62. The van der Waals surface area contributed by atoms with Gasteiger partial charge in [-0.3, -0.25) is 4.79 Å². The second-order valence-electron chi connectivity index (χ2n) is 5.06. The molecule has 1 fully saturated rings. The molecule has 1 aromatic carbocycles. The van der Waals surface area contributed by atoms with Crippen LogP contribution in [0, 0.1) is 0 Å². The van der Waals surface area contributed by atoms with Gasteiger partial charge in [0.2, 0.25) is 5.91 Å². The first kappa shape index (κ1) is 17.8. The number of rotatable bonds is 8. The number of hydrogen-bond acceptors (Lipinski definition) is 4. The smallest absolute Gasteiger partial charge is 0.234 e. The zero-order chi connectivity index (χ0) is 14.4. The summed E-state index contributed by atoms with van der Waals surface area (Å²) in [6, 6.07) is 7.88. The molecule has 1 unspecified atom stereocenters. The van der Waals surface area contributed by atoms with E-state index in [2.05, 4.69) is 10.6 Å². The van der Waals surface area contributed by atoms with E-state index in [4.69, 9.17) is 9.84 Å². The summed E-state index contributed by atoms with van der Waals surface area (Å²) in [6.45, 7) is 0.371. The van der Waals surface area contributed by atoms with Gasteiger partial charge in [-0.2, -0.15) is 0 Å². The Morgan fingerprint density at radius 1 is 1.38 bits per heavy atom. The highest BCUT2D eigenvalue weighted by atomic mass is 35.5. The third-order valence-corrected chi connectivity index (χ3v) is 3.40. The Balaban J connectivity index is 0.00000220. The van der Waals surface area contributed by atoms with Crippen LogP contribution in [0.1, 0.15) is 30.9 Å². The third-order valence-electron chi connectivity index (χ3n) is 3.40. The summed E-state index contributed by atoms with van der Waals surface area (Å²) in [4.78, 5) is 11.9. The second-order valence-corrected chi connectivity index (χ2v) is 5.06. The van der Waals surface area contributed by atoms with Crippen LogP contribution in [-0.2, 0) is 4.79 Å². The standard InChI is InChI=1S/C15H22N2O3.ClH/c1-20-13-6-2-11(3-7-13)14(8-9-18)17-15(19)10-16-12-4-5-12;/h2-3,6-7,12,14,16,18H,4-5,8-10H2,1H3,(H,17,19);1H. The molecule has 1 amide bonds. The van der Waals surface area contributed by atoms with Crippen molar-refractivity contribution in [2.45, 2.75) is 31.3 Å². The van der Waals surface area contributed by atoms with Crippen molar-refractivity contribution in [3.05, 3.63) is 29.8 Å². The van der Waals surface area contributed by atoms with Crippen LogP contribution in [0.2, 0.25) is 0 Å². The normalized spacial score (nSPS) is 15.0. The molecule has 2 rings (SSSR count). The van der Waals surface area contributed by atoms with Crippen LogP contribution in [-0.4, -0.2) is 37.3 Å². The third kappa shape index (κ3) is 5.91. The van der Waals surface area contributed by atoms with Crippen LogP contribution in [0.3, 0.4) is 0 Å². The summed E-state index contributed by atoms with van der Waals surface area (Å²) in [5, 5.41) is 15.3. The van der Waals surface area contributed by atoms with E-state index >= 15 is 0 Å². The van der Waals surface area contributed by atoms with Gasteiger partial charge in [0.1, 0.15) is 5.75 Å². The zero-order valence-electron chi connectivity index (χ0n) is 12.2. The molecule has 0 saturated heterocycles. The summed E-state index contributed by atoms with van der Waals surface area (Å²) in [5.41, 5.74) is 0.972. The Morgan fingerprint density at radius 3 is 2.57 bits per heavy atom. The fourth-order valence-electron chi connectivity index (χ4n) is 2.06. The van der Waals surface area contributed by atoms with E-state index in [1.165, 1.54) is 0 Å². The van der Waals surface area contributed by atoms with Crippen molar-refractivity contribution in [1.29, 1.82) is 0 Å².